The zero-order valence-corrected chi connectivity index (χ0v) is 10.4. The summed E-state index contributed by atoms with van der Waals surface area (Å²) in [6, 6.07) is 8.29. The first-order valence-corrected chi connectivity index (χ1v) is 6.51. The molecule has 2 aliphatic rings. The molecule has 100 valence electrons. The van der Waals surface area contributed by atoms with Crippen LogP contribution in [0.15, 0.2) is 24.3 Å². The normalized spacial score (nSPS) is 26.2. The molecule has 2 amide bonds. The van der Waals surface area contributed by atoms with E-state index in [0.717, 1.165) is 6.42 Å². The number of rotatable bonds is 4. The minimum absolute atomic E-state index is 0.0478. The van der Waals surface area contributed by atoms with Crippen molar-refractivity contribution < 1.29 is 14.7 Å². The predicted molar refractivity (Wildman–Crippen MR) is 69.0 cm³/mol. The molecule has 3 N–H and O–H groups in total. The van der Waals surface area contributed by atoms with E-state index in [1.165, 1.54) is 11.1 Å². The van der Waals surface area contributed by atoms with Gasteiger partial charge in [-0.2, -0.15) is 0 Å². The van der Waals surface area contributed by atoms with E-state index in [0.29, 0.717) is 11.8 Å². The number of carbonyl (C=O) groups excluding carboxylic acids is 1. The van der Waals surface area contributed by atoms with Crippen LogP contribution in [0.25, 0.3) is 0 Å². The van der Waals surface area contributed by atoms with Gasteiger partial charge in [0.05, 0.1) is 6.42 Å². The van der Waals surface area contributed by atoms with E-state index in [1.54, 1.807) is 0 Å². The molecule has 0 radical (unpaired) electrons. The fraction of sp³-hybridized carbons (Fsp3) is 0.429. The van der Waals surface area contributed by atoms with Crippen LogP contribution < -0.4 is 10.6 Å². The third kappa shape index (κ3) is 2.28. The van der Waals surface area contributed by atoms with Crippen molar-refractivity contribution in [2.75, 3.05) is 6.54 Å². The van der Waals surface area contributed by atoms with Gasteiger partial charge >= 0.3 is 12.0 Å². The molecule has 5 nitrogen and oxygen atoms in total. The average molecular weight is 260 g/mol. The van der Waals surface area contributed by atoms with E-state index in [9.17, 15) is 9.59 Å². The van der Waals surface area contributed by atoms with Crippen LogP contribution in [-0.2, 0) is 11.2 Å². The number of fused-ring (bicyclic) bond motifs is 3. The molecule has 3 rings (SSSR count). The topological polar surface area (TPSA) is 78.4 Å². The lowest BCUT2D eigenvalue weighted by Crippen LogP contribution is -2.39. The first kappa shape index (κ1) is 12.0. The molecule has 0 aliphatic heterocycles. The Morgan fingerprint density at radius 1 is 1.32 bits per heavy atom. The van der Waals surface area contributed by atoms with Crippen molar-refractivity contribution in [3.63, 3.8) is 0 Å². The molecule has 2 aliphatic carbocycles. The van der Waals surface area contributed by atoms with E-state index >= 15 is 0 Å². The van der Waals surface area contributed by atoms with Crippen LogP contribution in [0.1, 0.15) is 23.5 Å². The summed E-state index contributed by atoms with van der Waals surface area (Å²) in [4.78, 5) is 21.9. The van der Waals surface area contributed by atoms with Gasteiger partial charge in [-0.25, -0.2) is 4.79 Å². The van der Waals surface area contributed by atoms with Crippen molar-refractivity contribution in [1.29, 1.82) is 0 Å². The molecule has 3 unspecified atom stereocenters. The maximum absolute atomic E-state index is 11.6. The van der Waals surface area contributed by atoms with Crippen LogP contribution in [-0.4, -0.2) is 29.7 Å². The van der Waals surface area contributed by atoms with Gasteiger partial charge in [-0.1, -0.05) is 24.3 Å². The fourth-order valence-electron chi connectivity index (χ4n) is 3.03. The third-order valence-corrected chi connectivity index (χ3v) is 3.96. The van der Waals surface area contributed by atoms with Crippen LogP contribution in [0.2, 0.25) is 0 Å². The van der Waals surface area contributed by atoms with Gasteiger partial charge in [0.1, 0.15) is 0 Å². The van der Waals surface area contributed by atoms with Gasteiger partial charge in [-0.05, 0) is 23.5 Å². The summed E-state index contributed by atoms with van der Waals surface area (Å²) < 4.78 is 0. The Morgan fingerprint density at radius 3 is 2.89 bits per heavy atom. The summed E-state index contributed by atoms with van der Waals surface area (Å²) in [7, 11) is 0. The highest BCUT2D eigenvalue weighted by Crippen LogP contribution is 2.56. The Bertz CT molecular complexity index is 529. The molecule has 1 aromatic rings. The van der Waals surface area contributed by atoms with Crippen LogP contribution in [0.3, 0.4) is 0 Å². The van der Waals surface area contributed by atoms with Crippen molar-refractivity contribution in [1.82, 2.24) is 10.6 Å². The number of carboxylic acids is 1. The first-order valence-electron chi connectivity index (χ1n) is 6.51. The highest BCUT2D eigenvalue weighted by Gasteiger charge is 2.56. The van der Waals surface area contributed by atoms with Gasteiger partial charge in [0.2, 0.25) is 0 Å². The summed E-state index contributed by atoms with van der Waals surface area (Å²) in [5.41, 5.74) is 2.74. The summed E-state index contributed by atoms with van der Waals surface area (Å²) >= 11 is 0. The van der Waals surface area contributed by atoms with E-state index < -0.39 is 5.97 Å². The van der Waals surface area contributed by atoms with Gasteiger partial charge in [0, 0.05) is 18.5 Å². The van der Waals surface area contributed by atoms with E-state index in [-0.39, 0.29) is 25.0 Å². The molecular weight excluding hydrogens is 244 g/mol. The van der Waals surface area contributed by atoms with Gasteiger partial charge in [-0.3, -0.25) is 4.79 Å². The molecule has 0 aromatic heterocycles. The summed E-state index contributed by atoms with van der Waals surface area (Å²) in [6.45, 7) is 0.166. The van der Waals surface area contributed by atoms with Crippen molar-refractivity contribution in [2.45, 2.75) is 24.8 Å². The zero-order chi connectivity index (χ0) is 13.4. The molecule has 1 fully saturated rings. The highest BCUT2D eigenvalue weighted by atomic mass is 16.4. The van der Waals surface area contributed by atoms with Crippen LogP contribution in [0, 0.1) is 5.92 Å². The maximum atomic E-state index is 11.6. The number of hydrogen-bond acceptors (Lipinski definition) is 2. The fourth-order valence-corrected chi connectivity index (χ4v) is 3.03. The standard InChI is InChI=1S/C14H16N2O3/c17-11(18)5-6-15-14(19)16-13-10-7-8-3-1-2-4-9(8)12(10)13/h1-4,10,12-13H,5-7H2,(H,17,18)(H2,15,16,19). The average Bonchev–Trinajstić information content (AvgIpc) is 2.88. The van der Waals surface area contributed by atoms with Crippen LogP contribution >= 0.6 is 0 Å². The second kappa shape index (κ2) is 4.57. The molecule has 5 heteroatoms. The van der Waals surface area contributed by atoms with Gasteiger partial charge in [0.15, 0.2) is 0 Å². The Morgan fingerprint density at radius 2 is 2.11 bits per heavy atom. The lowest BCUT2D eigenvalue weighted by Gasteiger charge is -2.10. The van der Waals surface area contributed by atoms with E-state index in [2.05, 4.69) is 22.8 Å². The van der Waals surface area contributed by atoms with Crippen molar-refractivity contribution in [2.24, 2.45) is 5.92 Å². The quantitative estimate of drug-likeness (QED) is 0.758. The molecule has 0 bridgehead atoms. The Labute approximate surface area is 111 Å². The number of aliphatic carboxylic acids is 1. The SMILES string of the molecule is O=C(O)CCNC(=O)NC1C2Cc3ccccc3C21. The molecule has 3 atom stereocenters. The second-order valence-electron chi connectivity index (χ2n) is 5.16. The summed E-state index contributed by atoms with van der Waals surface area (Å²) in [6.07, 6.45) is 0.981. The van der Waals surface area contributed by atoms with Crippen LogP contribution in [0.5, 0.6) is 0 Å². The third-order valence-electron chi connectivity index (χ3n) is 3.96. The number of carbonyl (C=O) groups is 2. The number of urea groups is 1. The highest BCUT2D eigenvalue weighted by molar-refractivity contribution is 5.76. The molecular formula is C14H16N2O3. The number of hydrogen-bond donors (Lipinski definition) is 3. The van der Waals surface area contributed by atoms with Gasteiger partial charge in [0.25, 0.3) is 0 Å². The number of carboxylic acid groups (broad SMARTS) is 1. The Balaban J connectivity index is 1.50. The van der Waals surface area contributed by atoms with Crippen molar-refractivity contribution in [3.8, 4) is 0 Å². The molecule has 19 heavy (non-hydrogen) atoms. The summed E-state index contributed by atoms with van der Waals surface area (Å²) in [5, 5.41) is 14.0. The Hall–Kier alpha value is -2.04. The minimum Gasteiger partial charge on any atom is -0.481 e. The zero-order valence-electron chi connectivity index (χ0n) is 10.4. The summed E-state index contributed by atoms with van der Waals surface area (Å²) in [5.74, 6) is 0.0570. The number of nitrogens with one attached hydrogen (secondary N) is 2. The monoisotopic (exact) mass is 260 g/mol. The molecule has 0 heterocycles. The molecule has 1 aromatic carbocycles. The predicted octanol–water partition coefficient (Wildman–Crippen LogP) is 1.10. The first-order chi connectivity index (χ1) is 9.16. The minimum atomic E-state index is -0.905. The second-order valence-corrected chi connectivity index (χ2v) is 5.16. The number of amides is 2. The van der Waals surface area contributed by atoms with Gasteiger partial charge < -0.3 is 15.7 Å². The molecule has 1 saturated carbocycles. The smallest absolute Gasteiger partial charge is 0.315 e. The van der Waals surface area contributed by atoms with E-state index in [1.807, 2.05) is 12.1 Å². The maximum Gasteiger partial charge on any atom is 0.315 e. The lowest BCUT2D eigenvalue weighted by atomic mass is 10.1. The molecule has 0 spiro atoms. The van der Waals surface area contributed by atoms with E-state index in [4.69, 9.17) is 5.11 Å². The largest absolute Gasteiger partial charge is 0.481 e. The lowest BCUT2D eigenvalue weighted by molar-refractivity contribution is -0.136. The Kier molecular flexibility index (Phi) is 2.89. The van der Waals surface area contributed by atoms with Crippen LogP contribution in [0.4, 0.5) is 4.79 Å². The van der Waals surface area contributed by atoms with Crippen molar-refractivity contribution in [3.05, 3.63) is 35.4 Å². The van der Waals surface area contributed by atoms with Gasteiger partial charge in [-0.15, -0.1) is 0 Å². The number of benzene rings is 1. The van der Waals surface area contributed by atoms with Crippen molar-refractivity contribution >= 4 is 12.0 Å². The molecule has 0 saturated heterocycles.